The summed E-state index contributed by atoms with van der Waals surface area (Å²) in [5.74, 6) is 0.575. The van der Waals surface area contributed by atoms with Gasteiger partial charge < -0.3 is 20.7 Å². The SMILES string of the molecule is CCNc1nc(NCC)n2c(SCC(=O)Nc3ccccc3C(=O)OC)nnc2n1. The van der Waals surface area contributed by atoms with Crippen LogP contribution in [0.15, 0.2) is 29.4 Å². The lowest BCUT2D eigenvalue weighted by molar-refractivity contribution is -0.113. The van der Waals surface area contributed by atoms with E-state index in [9.17, 15) is 9.59 Å². The Morgan fingerprint density at radius 1 is 1.10 bits per heavy atom. The molecule has 0 spiro atoms. The topological polar surface area (TPSA) is 135 Å². The highest BCUT2D eigenvalue weighted by Gasteiger charge is 2.17. The molecule has 0 aliphatic rings. The van der Waals surface area contributed by atoms with Crippen molar-refractivity contribution in [2.45, 2.75) is 19.0 Å². The smallest absolute Gasteiger partial charge is 0.339 e. The van der Waals surface area contributed by atoms with Gasteiger partial charge in [0.15, 0.2) is 5.16 Å². The van der Waals surface area contributed by atoms with Crippen LogP contribution in [0, 0.1) is 0 Å². The number of rotatable bonds is 9. The maximum atomic E-state index is 12.5. The van der Waals surface area contributed by atoms with Gasteiger partial charge in [-0.25, -0.2) is 9.20 Å². The van der Waals surface area contributed by atoms with Gasteiger partial charge in [-0.15, -0.1) is 10.2 Å². The number of fused-ring (bicyclic) bond motifs is 1. The quantitative estimate of drug-likeness (QED) is 0.341. The van der Waals surface area contributed by atoms with Crippen LogP contribution in [0.2, 0.25) is 0 Å². The fourth-order valence-corrected chi connectivity index (χ4v) is 3.32. The normalized spacial score (nSPS) is 10.6. The first-order chi connectivity index (χ1) is 14.6. The zero-order valence-electron chi connectivity index (χ0n) is 16.8. The number of ether oxygens (including phenoxy) is 1. The number of carbonyl (C=O) groups is 2. The number of hydrogen-bond donors (Lipinski definition) is 3. The number of carbonyl (C=O) groups excluding carboxylic acids is 2. The molecule has 0 radical (unpaired) electrons. The molecule has 0 aliphatic heterocycles. The van der Waals surface area contributed by atoms with Crippen molar-refractivity contribution in [3.05, 3.63) is 29.8 Å². The first-order valence-electron chi connectivity index (χ1n) is 9.28. The number of nitrogens with zero attached hydrogens (tertiary/aromatic N) is 5. The van der Waals surface area contributed by atoms with E-state index in [0.717, 1.165) is 0 Å². The molecule has 11 nitrogen and oxygen atoms in total. The molecule has 0 aliphatic carbocycles. The van der Waals surface area contributed by atoms with Crippen LogP contribution in [0.3, 0.4) is 0 Å². The molecule has 0 saturated carbocycles. The zero-order valence-corrected chi connectivity index (χ0v) is 17.6. The molecular weight excluding hydrogens is 408 g/mol. The number of amides is 1. The minimum Gasteiger partial charge on any atom is -0.465 e. The van der Waals surface area contributed by atoms with E-state index in [2.05, 4.69) is 36.1 Å². The zero-order chi connectivity index (χ0) is 21.5. The Hall–Kier alpha value is -3.41. The van der Waals surface area contributed by atoms with Crippen molar-refractivity contribution in [1.82, 2.24) is 24.6 Å². The monoisotopic (exact) mass is 430 g/mol. The summed E-state index contributed by atoms with van der Waals surface area (Å²) in [6.45, 7) is 5.21. The van der Waals surface area contributed by atoms with Crippen molar-refractivity contribution in [2.24, 2.45) is 0 Å². The van der Waals surface area contributed by atoms with Crippen LogP contribution >= 0.6 is 11.8 Å². The number of benzene rings is 1. The standard InChI is InChI=1S/C18H22N8O3S/c1-4-19-15-22-16(20-5-2)26-17(23-15)24-25-18(26)30-10-13(27)21-12-9-7-6-8-11(12)14(28)29-3/h6-9H,4-5,10H2,1-3H3,(H,21,27)(H2,19,20,22,23,24). The Morgan fingerprint density at radius 2 is 1.87 bits per heavy atom. The van der Waals surface area contributed by atoms with Crippen molar-refractivity contribution in [2.75, 3.05) is 41.9 Å². The molecule has 1 amide bonds. The molecule has 0 unspecified atom stereocenters. The second-order valence-corrected chi connectivity index (χ2v) is 6.87. The molecule has 0 atom stereocenters. The lowest BCUT2D eigenvalue weighted by Gasteiger charge is -2.10. The Morgan fingerprint density at radius 3 is 2.60 bits per heavy atom. The number of aromatic nitrogens is 5. The molecule has 0 saturated heterocycles. The summed E-state index contributed by atoms with van der Waals surface area (Å²) in [4.78, 5) is 33.1. The average Bonchev–Trinajstić information content (AvgIpc) is 3.16. The second kappa shape index (κ2) is 9.87. The van der Waals surface area contributed by atoms with E-state index in [1.165, 1.54) is 18.9 Å². The molecule has 30 heavy (non-hydrogen) atoms. The third-order valence-electron chi connectivity index (χ3n) is 3.85. The molecule has 3 aromatic rings. The van der Waals surface area contributed by atoms with Gasteiger partial charge >= 0.3 is 5.97 Å². The molecular formula is C18H22N8O3S. The minimum atomic E-state index is -0.522. The van der Waals surface area contributed by atoms with Gasteiger partial charge in [0.2, 0.25) is 17.8 Å². The third-order valence-corrected chi connectivity index (χ3v) is 4.78. The summed E-state index contributed by atoms with van der Waals surface area (Å²) in [6, 6.07) is 6.65. The van der Waals surface area contributed by atoms with Gasteiger partial charge in [0.05, 0.1) is 24.1 Å². The molecule has 0 fully saturated rings. The maximum Gasteiger partial charge on any atom is 0.339 e. The predicted octanol–water partition coefficient (Wildman–Crippen LogP) is 1.90. The van der Waals surface area contributed by atoms with E-state index in [-0.39, 0.29) is 17.2 Å². The number of thioether (sulfide) groups is 1. The van der Waals surface area contributed by atoms with Gasteiger partial charge in [0.1, 0.15) is 0 Å². The highest BCUT2D eigenvalue weighted by molar-refractivity contribution is 7.99. The summed E-state index contributed by atoms with van der Waals surface area (Å²) in [7, 11) is 1.29. The van der Waals surface area contributed by atoms with Crippen LogP contribution in [-0.2, 0) is 9.53 Å². The van der Waals surface area contributed by atoms with E-state index in [1.54, 1.807) is 28.7 Å². The van der Waals surface area contributed by atoms with Crippen molar-refractivity contribution in [1.29, 1.82) is 0 Å². The maximum absolute atomic E-state index is 12.5. The van der Waals surface area contributed by atoms with Gasteiger partial charge in [0, 0.05) is 13.1 Å². The number of nitrogens with one attached hydrogen (secondary N) is 3. The summed E-state index contributed by atoms with van der Waals surface area (Å²) in [6.07, 6.45) is 0. The summed E-state index contributed by atoms with van der Waals surface area (Å²) in [5.41, 5.74) is 0.665. The van der Waals surface area contributed by atoms with E-state index < -0.39 is 5.97 Å². The van der Waals surface area contributed by atoms with Crippen LogP contribution in [-0.4, -0.2) is 62.4 Å². The molecule has 3 rings (SSSR count). The van der Waals surface area contributed by atoms with E-state index in [0.29, 0.717) is 41.6 Å². The summed E-state index contributed by atoms with van der Waals surface area (Å²) < 4.78 is 6.40. The summed E-state index contributed by atoms with van der Waals surface area (Å²) >= 11 is 1.18. The number of hydrogen-bond acceptors (Lipinski definition) is 10. The Labute approximate surface area is 177 Å². The van der Waals surface area contributed by atoms with Crippen LogP contribution in [0.4, 0.5) is 17.6 Å². The second-order valence-electron chi connectivity index (χ2n) is 5.92. The highest BCUT2D eigenvalue weighted by Crippen LogP contribution is 2.22. The average molecular weight is 430 g/mol. The highest BCUT2D eigenvalue weighted by atomic mass is 32.2. The van der Waals surface area contributed by atoms with Crippen molar-refractivity contribution >= 4 is 47.0 Å². The van der Waals surface area contributed by atoms with Crippen LogP contribution in [0.25, 0.3) is 5.78 Å². The van der Waals surface area contributed by atoms with E-state index >= 15 is 0 Å². The first kappa shape index (κ1) is 21.3. The van der Waals surface area contributed by atoms with Gasteiger partial charge in [-0.2, -0.15) is 9.97 Å². The lowest BCUT2D eigenvalue weighted by atomic mass is 10.2. The van der Waals surface area contributed by atoms with Crippen LogP contribution < -0.4 is 16.0 Å². The molecule has 2 heterocycles. The third kappa shape index (κ3) is 4.76. The Balaban J connectivity index is 1.76. The van der Waals surface area contributed by atoms with Crippen molar-refractivity contribution < 1.29 is 14.3 Å². The lowest BCUT2D eigenvalue weighted by Crippen LogP contribution is -2.17. The van der Waals surface area contributed by atoms with Gasteiger partial charge in [-0.1, -0.05) is 23.9 Å². The Bertz CT molecular complexity index is 1060. The minimum absolute atomic E-state index is 0.0524. The molecule has 2 aromatic heterocycles. The fraction of sp³-hybridized carbons (Fsp3) is 0.333. The molecule has 12 heteroatoms. The van der Waals surface area contributed by atoms with Gasteiger partial charge in [-0.05, 0) is 26.0 Å². The molecule has 0 bridgehead atoms. The number of methoxy groups -OCH3 is 1. The van der Waals surface area contributed by atoms with Gasteiger partial charge in [-0.3, -0.25) is 4.79 Å². The summed E-state index contributed by atoms with van der Waals surface area (Å²) in [5, 5.41) is 17.6. The largest absolute Gasteiger partial charge is 0.465 e. The van der Waals surface area contributed by atoms with Crippen LogP contribution in [0.1, 0.15) is 24.2 Å². The molecule has 3 N–H and O–H groups in total. The Kier molecular flexibility index (Phi) is 7.01. The fourth-order valence-electron chi connectivity index (χ4n) is 2.59. The number of para-hydroxylation sites is 1. The number of esters is 1. The predicted molar refractivity (Wildman–Crippen MR) is 114 cm³/mol. The van der Waals surface area contributed by atoms with E-state index in [4.69, 9.17) is 4.74 Å². The van der Waals surface area contributed by atoms with Crippen LogP contribution in [0.5, 0.6) is 0 Å². The first-order valence-corrected chi connectivity index (χ1v) is 10.3. The van der Waals surface area contributed by atoms with Gasteiger partial charge in [0.25, 0.3) is 5.78 Å². The molecule has 158 valence electrons. The van der Waals surface area contributed by atoms with Crippen molar-refractivity contribution in [3.63, 3.8) is 0 Å². The van der Waals surface area contributed by atoms with E-state index in [1.807, 2.05) is 13.8 Å². The van der Waals surface area contributed by atoms with Crippen molar-refractivity contribution in [3.8, 4) is 0 Å². The number of anilines is 3. The molecule has 1 aromatic carbocycles.